The van der Waals surface area contributed by atoms with E-state index in [0.717, 1.165) is 17.9 Å². The van der Waals surface area contributed by atoms with Crippen LogP contribution in [0.3, 0.4) is 0 Å². The number of aryl methyl sites for hydroxylation is 1. The second-order valence-corrected chi connectivity index (χ2v) is 7.27. The lowest BCUT2D eigenvalue weighted by atomic mass is 9.90. The van der Waals surface area contributed by atoms with Crippen LogP contribution in [0.1, 0.15) is 48.9 Å². The third-order valence-electron chi connectivity index (χ3n) is 4.15. The fraction of sp³-hybridized carbons (Fsp3) is 0.333. The van der Waals surface area contributed by atoms with Gasteiger partial charge in [0.05, 0.1) is 11.7 Å². The summed E-state index contributed by atoms with van der Waals surface area (Å²) in [4.78, 5) is 0. The Morgan fingerprint density at radius 2 is 1.90 bits per heavy atom. The lowest BCUT2D eigenvalue weighted by Crippen LogP contribution is -2.18. The Morgan fingerprint density at radius 3 is 2.57 bits per heavy atom. The number of rotatable bonds is 2. The van der Waals surface area contributed by atoms with E-state index < -0.39 is 0 Å². The fourth-order valence-electron chi connectivity index (χ4n) is 2.87. The summed E-state index contributed by atoms with van der Waals surface area (Å²) in [5.74, 6) is 0.556. The number of halogens is 2. The molecule has 0 bridgehead atoms. The van der Waals surface area contributed by atoms with Crippen molar-refractivity contribution in [2.75, 3.05) is 5.32 Å². The van der Waals surface area contributed by atoms with Gasteiger partial charge in [-0.25, -0.2) is 0 Å². The average Bonchev–Trinajstić information content (AvgIpc) is 2.47. The van der Waals surface area contributed by atoms with Gasteiger partial charge in [-0.3, -0.25) is 0 Å². The number of hydrogen-bond acceptors (Lipinski definition) is 1. The molecule has 3 rings (SSSR count). The van der Waals surface area contributed by atoms with Gasteiger partial charge in [0.15, 0.2) is 0 Å². The van der Waals surface area contributed by atoms with Crippen molar-refractivity contribution in [2.45, 2.75) is 38.6 Å². The summed E-state index contributed by atoms with van der Waals surface area (Å²) >= 11 is 9.71. The van der Waals surface area contributed by atoms with Crippen LogP contribution in [0.25, 0.3) is 0 Å². The summed E-state index contributed by atoms with van der Waals surface area (Å²) < 4.78 is 1.17. The Kier molecular flexibility index (Phi) is 4.28. The first-order chi connectivity index (χ1) is 10.0. The quantitative estimate of drug-likeness (QED) is 0.657. The Morgan fingerprint density at radius 1 is 1.19 bits per heavy atom. The van der Waals surface area contributed by atoms with Gasteiger partial charge in [0.25, 0.3) is 0 Å². The van der Waals surface area contributed by atoms with E-state index in [1.807, 2.05) is 12.1 Å². The molecule has 1 nitrogen and oxygen atoms in total. The molecular weight excluding hydrogens is 346 g/mol. The number of benzene rings is 2. The van der Waals surface area contributed by atoms with Gasteiger partial charge < -0.3 is 5.32 Å². The van der Waals surface area contributed by atoms with Crippen molar-refractivity contribution >= 4 is 33.2 Å². The van der Waals surface area contributed by atoms with Crippen LogP contribution < -0.4 is 5.32 Å². The molecule has 1 N–H and O–H groups in total. The molecule has 0 radical (unpaired) electrons. The molecule has 0 saturated carbocycles. The van der Waals surface area contributed by atoms with E-state index in [1.165, 1.54) is 26.9 Å². The van der Waals surface area contributed by atoms with Gasteiger partial charge in [-0.1, -0.05) is 43.6 Å². The van der Waals surface area contributed by atoms with E-state index in [1.54, 1.807) is 0 Å². The van der Waals surface area contributed by atoms with Crippen LogP contribution in [0.4, 0.5) is 5.69 Å². The summed E-state index contributed by atoms with van der Waals surface area (Å²) in [6.45, 7) is 4.47. The first kappa shape index (κ1) is 14.9. The van der Waals surface area contributed by atoms with Crippen LogP contribution in [0.2, 0.25) is 5.02 Å². The molecule has 1 aliphatic rings. The fourth-order valence-corrected chi connectivity index (χ4v) is 3.63. The van der Waals surface area contributed by atoms with Crippen molar-refractivity contribution in [2.24, 2.45) is 0 Å². The van der Waals surface area contributed by atoms with Crippen molar-refractivity contribution in [3.63, 3.8) is 0 Å². The van der Waals surface area contributed by atoms with Gasteiger partial charge in [-0.2, -0.15) is 0 Å². The zero-order chi connectivity index (χ0) is 15.0. The zero-order valence-corrected chi connectivity index (χ0v) is 14.6. The molecule has 0 aliphatic carbocycles. The standard InChI is InChI=1S/C18H19BrClN/c1-11(2)14-9-13-5-8-17(21-18(13)16(19)10-14)12-3-6-15(20)7-4-12/h3-4,6-7,9-11,17,21H,5,8H2,1-2H3. The third kappa shape index (κ3) is 3.12. The van der Waals surface area contributed by atoms with E-state index >= 15 is 0 Å². The summed E-state index contributed by atoms with van der Waals surface area (Å²) in [5, 5.41) is 4.47. The SMILES string of the molecule is CC(C)c1cc(Br)c2c(c1)CCC(c1ccc(Cl)cc1)N2. The number of nitrogens with one attached hydrogen (secondary N) is 1. The van der Waals surface area contributed by atoms with Crippen LogP contribution >= 0.6 is 27.5 Å². The molecule has 0 amide bonds. The largest absolute Gasteiger partial charge is 0.377 e. The van der Waals surface area contributed by atoms with Crippen molar-refractivity contribution < 1.29 is 0 Å². The predicted molar refractivity (Wildman–Crippen MR) is 94.4 cm³/mol. The third-order valence-corrected chi connectivity index (χ3v) is 5.03. The van der Waals surface area contributed by atoms with Crippen LogP contribution in [0.15, 0.2) is 40.9 Å². The van der Waals surface area contributed by atoms with Crippen molar-refractivity contribution in [1.82, 2.24) is 0 Å². The predicted octanol–water partition coefficient (Wildman–Crippen LogP) is 6.33. The summed E-state index contributed by atoms with van der Waals surface area (Å²) in [5.41, 5.74) is 5.35. The second kappa shape index (κ2) is 6.02. The molecule has 0 fully saturated rings. The van der Waals surface area contributed by atoms with Crippen molar-refractivity contribution in [3.05, 3.63) is 62.6 Å². The van der Waals surface area contributed by atoms with Crippen LogP contribution in [0.5, 0.6) is 0 Å². The highest BCUT2D eigenvalue weighted by atomic mass is 79.9. The molecule has 3 heteroatoms. The Balaban J connectivity index is 1.90. The van der Waals surface area contributed by atoms with Gasteiger partial charge in [-0.05, 0) is 69.6 Å². The van der Waals surface area contributed by atoms with Gasteiger partial charge in [0, 0.05) is 9.50 Å². The number of hydrogen-bond donors (Lipinski definition) is 1. The van der Waals surface area contributed by atoms with E-state index in [2.05, 4.69) is 59.4 Å². The molecule has 110 valence electrons. The highest BCUT2D eigenvalue weighted by Crippen LogP contribution is 2.39. The number of anilines is 1. The molecule has 1 atom stereocenters. The Hall–Kier alpha value is -0.990. The Labute approximate surface area is 139 Å². The molecule has 0 spiro atoms. The molecule has 1 aliphatic heterocycles. The molecule has 2 aromatic rings. The van der Waals surface area contributed by atoms with Crippen LogP contribution in [-0.2, 0) is 6.42 Å². The summed E-state index contributed by atoms with van der Waals surface area (Å²) in [7, 11) is 0. The summed E-state index contributed by atoms with van der Waals surface area (Å²) in [6, 6.07) is 13.1. The molecule has 21 heavy (non-hydrogen) atoms. The maximum Gasteiger partial charge on any atom is 0.0522 e. The molecule has 2 aromatic carbocycles. The van der Waals surface area contributed by atoms with E-state index in [-0.39, 0.29) is 0 Å². The number of fused-ring (bicyclic) bond motifs is 1. The van der Waals surface area contributed by atoms with Crippen molar-refractivity contribution in [1.29, 1.82) is 0 Å². The molecular formula is C18H19BrClN. The Bertz CT molecular complexity index is 649. The van der Waals surface area contributed by atoms with Gasteiger partial charge in [0.2, 0.25) is 0 Å². The van der Waals surface area contributed by atoms with Crippen LogP contribution in [0, 0.1) is 0 Å². The first-order valence-electron chi connectivity index (χ1n) is 7.39. The van der Waals surface area contributed by atoms with Gasteiger partial charge in [-0.15, -0.1) is 0 Å². The minimum atomic E-state index is 0.357. The van der Waals surface area contributed by atoms with E-state index in [9.17, 15) is 0 Å². The monoisotopic (exact) mass is 363 g/mol. The smallest absolute Gasteiger partial charge is 0.0522 e. The molecule has 0 saturated heterocycles. The van der Waals surface area contributed by atoms with E-state index in [0.29, 0.717) is 12.0 Å². The topological polar surface area (TPSA) is 12.0 Å². The maximum absolute atomic E-state index is 5.98. The first-order valence-corrected chi connectivity index (χ1v) is 8.56. The molecule has 0 aromatic heterocycles. The van der Waals surface area contributed by atoms with Crippen molar-refractivity contribution in [3.8, 4) is 0 Å². The highest BCUT2D eigenvalue weighted by molar-refractivity contribution is 9.10. The van der Waals surface area contributed by atoms with Crippen LogP contribution in [-0.4, -0.2) is 0 Å². The second-order valence-electron chi connectivity index (χ2n) is 5.98. The lowest BCUT2D eigenvalue weighted by Gasteiger charge is -2.29. The van der Waals surface area contributed by atoms with Gasteiger partial charge in [0.1, 0.15) is 0 Å². The maximum atomic E-state index is 5.98. The normalized spacial score (nSPS) is 17.5. The zero-order valence-electron chi connectivity index (χ0n) is 12.3. The molecule has 1 unspecified atom stereocenters. The average molecular weight is 365 g/mol. The minimum absolute atomic E-state index is 0.357. The summed E-state index contributed by atoms with van der Waals surface area (Å²) in [6.07, 6.45) is 2.22. The minimum Gasteiger partial charge on any atom is -0.377 e. The van der Waals surface area contributed by atoms with Gasteiger partial charge >= 0.3 is 0 Å². The highest BCUT2D eigenvalue weighted by Gasteiger charge is 2.22. The molecule has 1 heterocycles. The lowest BCUT2D eigenvalue weighted by molar-refractivity contribution is 0.665. The van der Waals surface area contributed by atoms with E-state index in [4.69, 9.17) is 11.6 Å².